The summed E-state index contributed by atoms with van der Waals surface area (Å²) < 4.78 is 11.9. The molecule has 4 heteroatoms. The monoisotopic (exact) mass is 312 g/mol. The highest BCUT2D eigenvalue weighted by Gasteiger charge is 2.41. The molecule has 1 aromatic carbocycles. The van der Waals surface area contributed by atoms with Crippen molar-refractivity contribution in [3.63, 3.8) is 0 Å². The summed E-state index contributed by atoms with van der Waals surface area (Å²) in [5.41, 5.74) is 1.90. The Labute approximate surface area is 115 Å². The van der Waals surface area contributed by atoms with Crippen molar-refractivity contribution in [2.75, 3.05) is 6.79 Å². The van der Waals surface area contributed by atoms with Crippen LogP contribution in [0.25, 0.3) is 0 Å². The third-order valence-corrected chi connectivity index (χ3v) is 4.44. The number of benzene rings is 1. The lowest BCUT2D eigenvalue weighted by molar-refractivity contribution is 0.150. The first-order valence-corrected chi connectivity index (χ1v) is 7.13. The van der Waals surface area contributed by atoms with Crippen LogP contribution >= 0.6 is 15.9 Å². The van der Waals surface area contributed by atoms with Gasteiger partial charge in [-0.25, -0.2) is 0 Å². The second-order valence-corrected chi connectivity index (χ2v) is 6.35. The van der Waals surface area contributed by atoms with Crippen molar-refractivity contribution in [1.82, 2.24) is 0 Å². The van der Waals surface area contributed by atoms with E-state index in [0.29, 0.717) is 12.3 Å². The van der Waals surface area contributed by atoms with E-state index in [-0.39, 0.29) is 6.79 Å². The van der Waals surface area contributed by atoms with Crippen molar-refractivity contribution in [3.05, 3.63) is 21.7 Å². The zero-order valence-corrected chi connectivity index (χ0v) is 12.2. The number of ether oxygens (including phenoxy) is 2. The average Bonchev–Trinajstić information content (AvgIpc) is 2.83. The predicted molar refractivity (Wildman–Crippen MR) is 72.2 cm³/mol. The van der Waals surface area contributed by atoms with Crippen LogP contribution in [0, 0.1) is 0 Å². The molecule has 1 fully saturated rings. The van der Waals surface area contributed by atoms with Crippen LogP contribution in [0.4, 0.5) is 0 Å². The van der Waals surface area contributed by atoms with E-state index in [1.54, 1.807) is 0 Å². The van der Waals surface area contributed by atoms with Gasteiger partial charge in [-0.05, 0) is 51.9 Å². The Morgan fingerprint density at radius 1 is 1.39 bits per heavy atom. The van der Waals surface area contributed by atoms with Crippen LogP contribution in [0.3, 0.4) is 0 Å². The number of hydrogen-bond acceptors (Lipinski definition) is 3. The summed E-state index contributed by atoms with van der Waals surface area (Å²) in [7, 11) is 0. The van der Waals surface area contributed by atoms with Gasteiger partial charge in [0.2, 0.25) is 6.79 Å². The fourth-order valence-electron chi connectivity index (χ4n) is 2.51. The van der Waals surface area contributed by atoms with E-state index in [0.717, 1.165) is 28.8 Å². The third kappa shape index (κ3) is 2.01. The van der Waals surface area contributed by atoms with Crippen molar-refractivity contribution < 1.29 is 14.6 Å². The molecule has 0 bridgehead atoms. The van der Waals surface area contributed by atoms with E-state index >= 15 is 0 Å². The molecule has 98 valence electrons. The Morgan fingerprint density at radius 2 is 2.11 bits per heavy atom. The molecule has 0 spiro atoms. The molecule has 1 saturated carbocycles. The lowest BCUT2D eigenvalue weighted by atomic mass is 9.92. The van der Waals surface area contributed by atoms with Crippen LogP contribution in [-0.2, 0) is 6.42 Å². The van der Waals surface area contributed by atoms with E-state index in [4.69, 9.17) is 9.47 Å². The molecule has 0 amide bonds. The van der Waals surface area contributed by atoms with Crippen LogP contribution < -0.4 is 9.47 Å². The zero-order chi connectivity index (χ0) is 12.9. The summed E-state index contributed by atoms with van der Waals surface area (Å²) in [6, 6.07) is 2.03. The molecule has 3 nitrogen and oxygen atoms in total. The van der Waals surface area contributed by atoms with E-state index < -0.39 is 5.60 Å². The SMILES string of the molecule is CC(C)c1c(CC2(O)CC2)cc2c(c1Br)OCO2. The van der Waals surface area contributed by atoms with Crippen molar-refractivity contribution in [3.8, 4) is 11.5 Å². The summed E-state index contributed by atoms with van der Waals surface area (Å²) in [6.45, 7) is 4.59. The van der Waals surface area contributed by atoms with Crippen LogP contribution in [0.2, 0.25) is 0 Å². The Morgan fingerprint density at radius 3 is 2.72 bits per heavy atom. The first-order valence-electron chi connectivity index (χ1n) is 6.33. The lowest BCUT2D eigenvalue weighted by Gasteiger charge is -2.18. The Balaban J connectivity index is 2.08. The van der Waals surface area contributed by atoms with Gasteiger partial charge in [-0.2, -0.15) is 0 Å². The maximum atomic E-state index is 10.1. The van der Waals surface area contributed by atoms with Crippen LogP contribution in [0.5, 0.6) is 11.5 Å². The molecule has 1 aliphatic heterocycles. The predicted octanol–water partition coefficient (Wildman–Crippen LogP) is 3.37. The molecule has 1 aliphatic carbocycles. The van der Waals surface area contributed by atoms with Gasteiger partial charge < -0.3 is 14.6 Å². The second-order valence-electron chi connectivity index (χ2n) is 5.55. The molecule has 18 heavy (non-hydrogen) atoms. The molecule has 1 heterocycles. The van der Waals surface area contributed by atoms with Gasteiger partial charge in [0.15, 0.2) is 11.5 Å². The van der Waals surface area contributed by atoms with Gasteiger partial charge in [-0.15, -0.1) is 0 Å². The van der Waals surface area contributed by atoms with Crippen molar-refractivity contribution in [2.45, 2.75) is 44.6 Å². The largest absolute Gasteiger partial charge is 0.454 e. The van der Waals surface area contributed by atoms with Crippen LogP contribution in [0.15, 0.2) is 10.5 Å². The van der Waals surface area contributed by atoms with Gasteiger partial charge in [0.25, 0.3) is 0 Å². The van der Waals surface area contributed by atoms with Gasteiger partial charge in [0.1, 0.15) is 0 Å². The van der Waals surface area contributed by atoms with E-state index in [1.165, 1.54) is 11.1 Å². The van der Waals surface area contributed by atoms with Gasteiger partial charge in [0, 0.05) is 6.42 Å². The minimum atomic E-state index is -0.489. The average molecular weight is 313 g/mol. The number of aliphatic hydroxyl groups is 1. The smallest absolute Gasteiger partial charge is 0.231 e. The lowest BCUT2D eigenvalue weighted by Crippen LogP contribution is -2.13. The van der Waals surface area contributed by atoms with E-state index in [2.05, 4.69) is 29.8 Å². The van der Waals surface area contributed by atoms with Gasteiger partial charge >= 0.3 is 0 Å². The zero-order valence-electron chi connectivity index (χ0n) is 10.6. The van der Waals surface area contributed by atoms with Crippen LogP contribution in [-0.4, -0.2) is 17.5 Å². The molecule has 3 rings (SSSR count). The number of hydrogen-bond donors (Lipinski definition) is 1. The standard InChI is InChI=1S/C14H17BrO3/c1-8(2)11-9(6-14(16)3-4-14)5-10-13(12(11)15)18-7-17-10/h5,8,16H,3-4,6-7H2,1-2H3. The molecule has 0 radical (unpaired) electrons. The second kappa shape index (κ2) is 4.14. The van der Waals surface area contributed by atoms with E-state index in [1.807, 2.05) is 6.07 Å². The summed E-state index contributed by atoms with van der Waals surface area (Å²) in [4.78, 5) is 0. The summed E-state index contributed by atoms with van der Waals surface area (Å²) in [6.07, 6.45) is 2.50. The third-order valence-electron chi connectivity index (χ3n) is 3.65. The molecule has 1 aromatic rings. The van der Waals surface area contributed by atoms with Crippen LogP contribution in [0.1, 0.15) is 43.7 Å². The minimum Gasteiger partial charge on any atom is -0.454 e. The molecular weight excluding hydrogens is 296 g/mol. The quantitative estimate of drug-likeness (QED) is 0.930. The molecular formula is C14H17BrO3. The molecule has 2 aliphatic rings. The molecule has 0 unspecified atom stereocenters. The summed E-state index contributed by atoms with van der Waals surface area (Å²) in [5, 5.41) is 10.1. The fraction of sp³-hybridized carbons (Fsp3) is 0.571. The van der Waals surface area contributed by atoms with Gasteiger partial charge in [-0.1, -0.05) is 13.8 Å². The normalized spacial score (nSPS) is 19.4. The molecule has 0 aromatic heterocycles. The van der Waals surface area contributed by atoms with Crippen molar-refractivity contribution in [1.29, 1.82) is 0 Å². The number of halogens is 1. The van der Waals surface area contributed by atoms with Crippen molar-refractivity contribution in [2.24, 2.45) is 0 Å². The van der Waals surface area contributed by atoms with Gasteiger partial charge in [0.05, 0.1) is 10.1 Å². The molecule has 1 N–H and O–H groups in total. The van der Waals surface area contributed by atoms with E-state index in [9.17, 15) is 5.11 Å². The Bertz CT molecular complexity index is 492. The molecule has 0 atom stereocenters. The fourth-order valence-corrected chi connectivity index (χ4v) is 3.53. The first kappa shape index (κ1) is 12.3. The Kier molecular flexibility index (Phi) is 2.83. The topological polar surface area (TPSA) is 38.7 Å². The Hall–Kier alpha value is -0.740. The molecule has 0 saturated heterocycles. The first-order chi connectivity index (χ1) is 8.50. The highest BCUT2D eigenvalue weighted by Crippen LogP contribution is 2.48. The highest BCUT2D eigenvalue weighted by molar-refractivity contribution is 9.10. The summed E-state index contributed by atoms with van der Waals surface area (Å²) in [5.74, 6) is 1.96. The minimum absolute atomic E-state index is 0.277. The summed E-state index contributed by atoms with van der Waals surface area (Å²) >= 11 is 3.63. The maximum Gasteiger partial charge on any atom is 0.231 e. The maximum absolute atomic E-state index is 10.1. The van der Waals surface area contributed by atoms with Gasteiger partial charge in [-0.3, -0.25) is 0 Å². The number of fused-ring (bicyclic) bond motifs is 1. The highest BCUT2D eigenvalue weighted by atomic mass is 79.9. The number of rotatable bonds is 3. The van der Waals surface area contributed by atoms with Crippen molar-refractivity contribution >= 4 is 15.9 Å².